The highest BCUT2D eigenvalue weighted by Crippen LogP contribution is 2.14. The number of rotatable bonds is 6. The van der Waals surface area contributed by atoms with Gasteiger partial charge in [0.15, 0.2) is 0 Å². The molecular weight excluding hydrogens is 340 g/mol. The average molecular weight is 366 g/mol. The summed E-state index contributed by atoms with van der Waals surface area (Å²) in [6.07, 6.45) is 3.20. The number of hydrogen-bond acceptors (Lipinski definition) is 3. The van der Waals surface area contributed by atoms with Crippen molar-refractivity contribution in [2.45, 2.75) is 33.2 Å². The molecule has 2 aromatic carbocycles. The number of carbonyl (C=O) groups excluding carboxylic acids is 2. The fraction of sp³-hybridized carbons (Fsp3) is 0.273. The second-order valence-electron chi connectivity index (χ2n) is 7.11. The van der Waals surface area contributed by atoms with E-state index < -0.39 is 0 Å². The van der Waals surface area contributed by atoms with Gasteiger partial charge in [0.25, 0.3) is 5.91 Å². The van der Waals surface area contributed by atoms with Gasteiger partial charge in [-0.05, 0) is 75.7 Å². The fourth-order valence-electron chi connectivity index (χ4n) is 2.32. The first-order valence-corrected chi connectivity index (χ1v) is 8.91. The molecule has 0 aromatic heterocycles. The molecule has 0 fully saturated rings. The van der Waals surface area contributed by atoms with Gasteiger partial charge in [-0.15, -0.1) is 0 Å². The van der Waals surface area contributed by atoms with E-state index >= 15 is 0 Å². The molecule has 2 aromatic rings. The predicted molar refractivity (Wildman–Crippen MR) is 109 cm³/mol. The second-order valence-corrected chi connectivity index (χ2v) is 7.11. The van der Waals surface area contributed by atoms with Crippen molar-refractivity contribution in [2.75, 3.05) is 11.9 Å². The third-order valence-electron chi connectivity index (χ3n) is 3.52. The minimum Gasteiger partial charge on any atom is -0.494 e. The highest BCUT2D eigenvalue weighted by atomic mass is 16.5. The molecule has 0 saturated carbocycles. The largest absolute Gasteiger partial charge is 0.494 e. The molecule has 0 bridgehead atoms. The lowest BCUT2D eigenvalue weighted by Crippen LogP contribution is -2.40. The van der Waals surface area contributed by atoms with Crippen LogP contribution in [0.5, 0.6) is 5.75 Å². The van der Waals surface area contributed by atoms with Crippen molar-refractivity contribution in [1.29, 1.82) is 0 Å². The molecule has 5 nitrogen and oxygen atoms in total. The van der Waals surface area contributed by atoms with Crippen LogP contribution in [0.1, 0.15) is 43.6 Å². The number of nitrogens with one attached hydrogen (secondary N) is 2. The number of carbonyl (C=O) groups is 2. The second kappa shape index (κ2) is 9.03. The minimum atomic E-state index is -0.296. The highest BCUT2D eigenvalue weighted by Gasteiger charge is 2.15. The fourth-order valence-corrected chi connectivity index (χ4v) is 2.32. The summed E-state index contributed by atoms with van der Waals surface area (Å²) < 4.78 is 5.39. The van der Waals surface area contributed by atoms with E-state index in [9.17, 15) is 9.59 Å². The molecule has 0 aliphatic rings. The van der Waals surface area contributed by atoms with Crippen LogP contribution in [0, 0.1) is 0 Å². The summed E-state index contributed by atoms with van der Waals surface area (Å²) in [5, 5.41) is 5.68. The third kappa shape index (κ3) is 6.98. The Morgan fingerprint density at radius 1 is 1.00 bits per heavy atom. The van der Waals surface area contributed by atoms with Crippen LogP contribution in [0.4, 0.5) is 5.69 Å². The van der Waals surface area contributed by atoms with Crippen LogP contribution in [-0.4, -0.2) is 24.0 Å². The predicted octanol–water partition coefficient (Wildman–Crippen LogP) is 4.27. The molecule has 2 rings (SSSR count). The standard InChI is InChI=1S/C22H26N2O3/c1-5-27-19-13-6-16(7-14-19)8-15-20(25)23-18-11-9-17(10-12-18)21(26)24-22(2,3)4/h6-15H,5H2,1-4H3,(H,23,25)(H,24,26)/b15-8+. The van der Waals surface area contributed by atoms with E-state index in [0.29, 0.717) is 17.9 Å². The van der Waals surface area contributed by atoms with Gasteiger partial charge in [0.05, 0.1) is 6.61 Å². The van der Waals surface area contributed by atoms with E-state index in [2.05, 4.69) is 10.6 Å². The summed E-state index contributed by atoms with van der Waals surface area (Å²) in [6.45, 7) is 8.33. The molecule has 2 amide bonds. The van der Waals surface area contributed by atoms with E-state index in [-0.39, 0.29) is 17.4 Å². The average Bonchev–Trinajstić information content (AvgIpc) is 2.60. The molecular formula is C22H26N2O3. The molecule has 0 atom stereocenters. The van der Waals surface area contributed by atoms with Crippen LogP contribution >= 0.6 is 0 Å². The number of benzene rings is 2. The normalized spacial score (nSPS) is 11.3. The number of ether oxygens (including phenoxy) is 1. The van der Waals surface area contributed by atoms with E-state index in [0.717, 1.165) is 11.3 Å². The molecule has 0 aliphatic carbocycles. The summed E-state index contributed by atoms with van der Waals surface area (Å²) in [6, 6.07) is 14.3. The Hall–Kier alpha value is -3.08. The highest BCUT2D eigenvalue weighted by molar-refractivity contribution is 6.02. The molecule has 0 heterocycles. The molecule has 142 valence electrons. The Labute approximate surface area is 160 Å². The van der Waals surface area contributed by atoms with Crippen molar-refractivity contribution >= 4 is 23.6 Å². The van der Waals surface area contributed by atoms with Crippen LogP contribution in [0.3, 0.4) is 0 Å². The Balaban J connectivity index is 1.92. The van der Waals surface area contributed by atoms with Crippen LogP contribution in [0.2, 0.25) is 0 Å². The lowest BCUT2D eigenvalue weighted by atomic mass is 10.1. The lowest BCUT2D eigenvalue weighted by Gasteiger charge is -2.20. The molecule has 0 spiro atoms. The van der Waals surface area contributed by atoms with Gasteiger partial charge >= 0.3 is 0 Å². The first kappa shape index (κ1) is 20.2. The Kier molecular flexibility index (Phi) is 6.77. The van der Waals surface area contributed by atoms with Gasteiger partial charge in [-0.3, -0.25) is 9.59 Å². The minimum absolute atomic E-state index is 0.143. The number of anilines is 1. The van der Waals surface area contributed by atoms with Gasteiger partial charge in [-0.1, -0.05) is 12.1 Å². The Morgan fingerprint density at radius 2 is 1.63 bits per heavy atom. The monoisotopic (exact) mass is 366 g/mol. The van der Waals surface area contributed by atoms with E-state index in [4.69, 9.17) is 4.74 Å². The number of amides is 2. The topological polar surface area (TPSA) is 67.4 Å². The van der Waals surface area contributed by atoms with Crippen LogP contribution in [0.25, 0.3) is 6.08 Å². The Bertz CT molecular complexity index is 801. The van der Waals surface area contributed by atoms with Crippen molar-refractivity contribution in [1.82, 2.24) is 5.32 Å². The Morgan fingerprint density at radius 3 is 2.19 bits per heavy atom. The maximum absolute atomic E-state index is 12.1. The first-order chi connectivity index (χ1) is 12.8. The van der Waals surface area contributed by atoms with Gasteiger partial charge in [0, 0.05) is 22.9 Å². The SMILES string of the molecule is CCOc1ccc(/C=C/C(=O)Nc2ccc(C(=O)NC(C)(C)C)cc2)cc1. The van der Waals surface area contributed by atoms with Gasteiger partial charge in [-0.2, -0.15) is 0 Å². The molecule has 27 heavy (non-hydrogen) atoms. The molecule has 0 radical (unpaired) electrons. The maximum Gasteiger partial charge on any atom is 0.251 e. The zero-order valence-corrected chi connectivity index (χ0v) is 16.2. The van der Waals surface area contributed by atoms with Crippen molar-refractivity contribution in [3.05, 3.63) is 65.7 Å². The van der Waals surface area contributed by atoms with Gasteiger partial charge < -0.3 is 15.4 Å². The van der Waals surface area contributed by atoms with Gasteiger partial charge in [0.2, 0.25) is 5.91 Å². The summed E-state index contributed by atoms with van der Waals surface area (Å²) in [5.74, 6) is 0.418. The van der Waals surface area contributed by atoms with Gasteiger partial charge in [-0.25, -0.2) is 0 Å². The van der Waals surface area contributed by atoms with Crippen molar-refractivity contribution in [3.8, 4) is 5.75 Å². The molecule has 0 unspecified atom stereocenters. The third-order valence-corrected chi connectivity index (χ3v) is 3.52. The summed E-state index contributed by atoms with van der Waals surface area (Å²) >= 11 is 0. The quantitative estimate of drug-likeness (QED) is 0.751. The van der Waals surface area contributed by atoms with Gasteiger partial charge in [0.1, 0.15) is 5.75 Å². The smallest absolute Gasteiger partial charge is 0.251 e. The lowest BCUT2D eigenvalue weighted by molar-refractivity contribution is -0.111. The summed E-state index contributed by atoms with van der Waals surface area (Å²) in [7, 11) is 0. The number of hydrogen-bond donors (Lipinski definition) is 2. The molecule has 2 N–H and O–H groups in total. The summed E-state index contributed by atoms with van der Waals surface area (Å²) in [4.78, 5) is 24.2. The first-order valence-electron chi connectivity index (χ1n) is 8.91. The molecule has 5 heteroatoms. The molecule has 0 saturated heterocycles. The van der Waals surface area contributed by atoms with Crippen molar-refractivity contribution < 1.29 is 14.3 Å². The van der Waals surface area contributed by atoms with Crippen molar-refractivity contribution in [3.63, 3.8) is 0 Å². The van der Waals surface area contributed by atoms with E-state index in [1.54, 1.807) is 30.3 Å². The van der Waals surface area contributed by atoms with Crippen LogP contribution in [-0.2, 0) is 4.79 Å². The van der Waals surface area contributed by atoms with Crippen LogP contribution < -0.4 is 15.4 Å². The zero-order valence-electron chi connectivity index (χ0n) is 16.2. The van der Waals surface area contributed by atoms with Crippen molar-refractivity contribution in [2.24, 2.45) is 0 Å². The summed E-state index contributed by atoms with van der Waals surface area (Å²) in [5.41, 5.74) is 1.79. The zero-order chi connectivity index (χ0) is 19.9. The molecule has 0 aliphatic heterocycles. The van der Waals surface area contributed by atoms with E-state index in [1.807, 2.05) is 52.0 Å². The van der Waals surface area contributed by atoms with Crippen LogP contribution in [0.15, 0.2) is 54.6 Å². The maximum atomic E-state index is 12.1. The van der Waals surface area contributed by atoms with E-state index in [1.165, 1.54) is 6.08 Å².